The second-order valence-corrected chi connectivity index (χ2v) is 15.8. The van der Waals surface area contributed by atoms with Crippen molar-refractivity contribution in [2.24, 2.45) is 9.81 Å². The third kappa shape index (κ3) is 9.00. The molecule has 5 rings (SSSR count). The van der Waals surface area contributed by atoms with Crippen molar-refractivity contribution in [1.29, 1.82) is 0 Å². The van der Waals surface area contributed by atoms with Crippen LogP contribution in [-0.2, 0) is 40.4 Å². The smallest absolute Gasteiger partial charge is 0.324 e. The molecule has 52 heavy (non-hydrogen) atoms. The number of esters is 2. The highest BCUT2D eigenvalue weighted by Gasteiger charge is 2.51. The molecule has 1 aliphatic heterocycles. The summed E-state index contributed by atoms with van der Waals surface area (Å²) in [5.74, 6) is -2.34. The number of benzene rings is 2. The number of carbonyl (C=O) groups excluding carboxylic acids is 3. The normalized spacial score (nSPS) is 17.4. The van der Waals surface area contributed by atoms with Crippen molar-refractivity contribution < 1.29 is 41.9 Å². The lowest BCUT2D eigenvalue weighted by Crippen LogP contribution is -2.44. The lowest BCUT2D eigenvalue weighted by molar-refractivity contribution is -0.658. The number of nitrogens with one attached hydrogen (secondary N) is 1. The van der Waals surface area contributed by atoms with Crippen LogP contribution >= 0.6 is 23.1 Å². The molecule has 1 aromatic heterocycles. The van der Waals surface area contributed by atoms with Gasteiger partial charge in [0.2, 0.25) is 21.4 Å². The maximum absolute atomic E-state index is 13.7. The highest BCUT2D eigenvalue weighted by Crippen LogP contribution is 2.46. The van der Waals surface area contributed by atoms with Gasteiger partial charge < -0.3 is 24.8 Å². The van der Waals surface area contributed by atoms with Crippen molar-refractivity contribution in [2.75, 3.05) is 37.5 Å². The number of carbonyl (C=O) groups is 3. The molecule has 0 saturated carbocycles. The molecular formula is C37H40N4O8S3. The number of thiazole rings is 1. The third-order valence-corrected chi connectivity index (χ3v) is 10.9. The minimum absolute atomic E-state index is 0.00811. The number of rotatable bonds is 13. The lowest BCUT2D eigenvalue weighted by atomic mass is 9.71. The van der Waals surface area contributed by atoms with Gasteiger partial charge in [0.25, 0.3) is 5.01 Å². The molecule has 0 spiro atoms. The predicted octanol–water partition coefficient (Wildman–Crippen LogP) is 4.27. The van der Waals surface area contributed by atoms with Crippen molar-refractivity contribution in [3.05, 3.63) is 94.0 Å². The van der Waals surface area contributed by atoms with Gasteiger partial charge in [0.05, 0.1) is 30.2 Å². The number of ether oxygens (including phenoxy) is 2. The second-order valence-electron chi connectivity index (χ2n) is 12.0. The molecule has 0 atom stereocenters. The first-order valence-electron chi connectivity index (χ1n) is 16.7. The molecule has 12 nitrogen and oxygen atoms in total. The first kappa shape index (κ1) is 38.5. The van der Waals surface area contributed by atoms with Crippen LogP contribution in [0.1, 0.15) is 38.6 Å². The fourth-order valence-electron chi connectivity index (χ4n) is 6.01. The van der Waals surface area contributed by atoms with E-state index in [0.717, 1.165) is 26.6 Å². The number of anilines is 1. The molecule has 0 unspecified atom stereocenters. The highest BCUT2D eigenvalue weighted by atomic mass is 32.2. The van der Waals surface area contributed by atoms with Crippen molar-refractivity contribution >= 4 is 78.8 Å². The summed E-state index contributed by atoms with van der Waals surface area (Å²) in [5, 5.41) is 16.9. The first-order valence-corrected chi connectivity index (χ1v) is 20.2. The number of sulfonamides is 1. The van der Waals surface area contributed by atoms with Gasteiger partial charge in [0, 0.05) is 29.5 Å². The van der Waals surface area contributed by atoms with E-state index in [2.05, 4.69) is 9.71 Å². The Balaban J connectivity index is 1.59. The molecule has 15 heteroatoms. The molecule has 0 bridgehead atoms. The van der Waals surface area contributed by atoms with Crippen molar-refractivity contribution in [2.45, 2.75) is 45.1 Å². The minimum Gasteiger partial charge on any atom is -0.857 e. The van der Waals surface area contributed by atoms with Gasteiger partial charge in [-0.25, -0.2) is 8.42 Å². The fraction of sp³-hybridized carbons (Fsp3) is 0.324. The van der Waals surface area contributed by atoms with Crippen LogP contribution in [0.4, 0.5) is 5.69 Å². The van der Waals surface area contributed by atoms with Crippen molar-refractivity contribution in [3.63, 3.8) is 0 Å². The Morgan fingerprint density at radius 3 is 2.38 bits per heavy atom. The summed E-state index contributed by atoms with van der Waals surface area (Å²) in [6.45, 7) is 5.65. The number of hydrogen-bond acceptors (Lipinski definition) is 11. The summed E-state index contributed by atoms with van der Waals surface area (Å²) in [4.78, 5) is 43.0. The molecule has 1 aliphatic carbocycles. The molecular weight excluding hydrogens is 725 g/mol. The SMILES string of the molecule is CCNC(=O)CN1/C(=C/C=C2C=C(/C=C/c3sc4ccccc4[n+]3C/C([O-])=N/S(C)(=O)=O)CC(C(=O)OCC)(C(=O)OCC)C\2)Sc2ccccc21. The number of amides is 1. The van der Waals surface area contributed by atoms with E-state index in [1.54, 1.807) is 30.6 Å². The zero-order chi connectivity index (χ0) is 37.5. The van der Waals surface area contributed by atoms with Gasteiger partial charge >= 0.3 is 11.9 Å². The van der Waals surface area contributed by atoms with E-state index in [1.165, 1.54) is 23.1 Å². The molecule has 0 saturated heterocycles. The van der Waals surface area contributed by atoms with Gasteiger partial charge in [-0.1, -0.05) is 65.6 Å². The maximum Gasteiger partial charge on any atom is 0.324 e. The zero-order valence-electron chi connectivity index (χ0n) is 29.3. The Morgan fingerprint density at radius 1 is 1.00 bits per heavy atom. The zero-order valence-corrected chi connectivity index (χ0v) is 31.7. The number of likely N-dealkylation sites (N-methyl/N-ethyl adjacent to an activating group) is 1. The highest BCUT2D eigenvalue weighted by molar-refractivity contribution is 8.03. The standard InChI is InChI=1S/C37H40N4O8S3/c1-5-38-31(42)23-40-27-12-8-10-14-29(27)50-33(40)18-16-25-20-26(22-37(21-25,35(44)48-6-2)36(45)49-7-3)17-19-34-41(24-32(43)39-52(4,46)47)28-13-9-11-15-30(28)51-34/h8-20H,5-7,21-24H2,1-4H3,(H-,38,39,42,43). The van der Waals surface area contributed by atoms with Gasteiger partial charge in [-0.2, -0.15) is 8.96 Å². The van der Waals surface area contributed by atoms with Crippen LogP contribution in [0, 0.1) is 5.41 Å². The molecule has 274 valence electrons. The van der Waals surface area contributed by atoms with Crippen LogP contribution in [-0.4, -0.2) is 64.7 Å². The third-order valence-electron chi connectivity index (χ3n) is 8.10. The largest absolute Gasteiger partial charge is 0.857 e. The average molecular weight is 765 g/mol. The Morgan fingerprint density at radius 2 is 1.69 bits per heavy atom. The van der Waals surface area contributed by atoms with Gasteiger partial charge in [-0.3, -0.25) is 14.4 Å². The summed E-state index contributed by atoms with van der Waals surface area (Å²) in [7, 11) is -3.89. The van der Waals surface area contributed by atoms with Crippen LogP contribution in [0.15, 0.2) is 98.3 Å². The molecule has 1 amide bonds. The first-order chi connectivity index (χ1) is 24.9. The van der Waals surface area contributed by atoms with Crippen molar-refractivity contribution in [3.8, 4) is 0 Å². The van der Waals surface area contributed by atoms with Gasteiger partial charge in [-0.15, -0.1) is 0 Å². The summed E-state index contributed by atoms with van der Waals surface area (Å²) in [6, 6.07) is 15.2. The quantitative estimate of drug-likeness (QED) is 0.0877. The van der Waals surface area contributed by atoms with Crippen LogP contribution < -0.4 is 19.9 Å². The Hall–Kier alpha value is -4.73. The van der Waals surface area contributed by atoms with Gasteiger partial charge in [0.1, 0.15) is 11.2 Å². The van der Waals surface area contributed by atoms with Crippen LogP contribution in [0.5, 0.6) is 0 Å². The Bertz CT molecular complexity index is 2110. The Kier molecular flexibility index (Phi) is 12.4. The molecule has 2 aliphatic rings. The van der Waals surface area contributed by atoms with Crippen LogP contribution in [0.3, 0.4) is 0 Å². The molecule has 2 heterocycles. The summed E-state index contributed by atoms with van der Waals surface area (Å²) < 4.78 is 40.2. The van der Waals surface area contributed by atoms with E-state index < -0.39 is 33.3 Å². The number of para-hydroxylation sites is 2. The fourth-order valence-corrected chi connectivity index (χ4v) is 8.56. The summed E-state index contributed by atoms with van der Waals surface area (Å²) in [5.41, 5.74) is 1.22. The van der Waals surface area contributed by atoms with E-state index in [1.807, 2.05) is 78.6 Å². The monoisotopic (exact) mass is 764 g/mol. The van der Waals surface area contributed by atoms with E-state index >= 15 is 0 Å². The van der Waals surface area contributed by atoms with Gasteiger partial charge in [0.15, 0.2) is 12.0 Å². The molecule has 0 radical (unpaired) electrons. The Labute approximate surface area is 311 Å². The maximum atomic E-state index is 13.7. The van der Waals surface area contributed by atoms with Crippen LogP contribution in [0.2, 0.25) is 0 Å². The van der Waals surface area contributed by atoms with Crippen LogP contribution in [0.25, 0.3) is 16.3 Å². The number of nitrogens with zero attached hydrogens (tertiary/aromatic N) is 3. The summed E-state index contributed by atoms with van der Waals surface area (Å²) in [6.07, 6.45) is 10.0. The molecule has 3 aromatic rings. The summed E-state index contributed by atoms with van der Waals surface area (Å²) >= 11 is 2.90. The number of allylic oxidation sites excluding steroid dienone is 6. The molecule has 2 aromatic carbocycles. The number of fused-ring (bicyclic) bond motifs is 2. The predicted molar refractivity (Wildman–Crippen MR) is 201 cm³/mol. The average Bonchev–Trinajstić information content (AvgIpc) is 3.62. The van der Waals surface area contributed by atoms with E-state index in [4.69, 9.17) is 9.47 Å². The van der Waals surface area contributed by atoms with E-state index in [-0.39, 0.29) is 45.1 Å². The van der Waals surface area contributed by atoms with E-state index in [9.17, 15) is 27.9 Å². The number of thioether (sulfide) groups is 1. The van der Waals surface area contributed by atoms with Gasteiger partial charge in [-0.05, 0) is 69.0 Å². The topological polar surface area (TPSA) is 158 Å². The van der Waals surface area contributed by atoms with E-state index in [0.29, 0.717) is 28.2 Å². The number of aromatic nitrogens is 1. The minimum atomic E-state index is -3.89. The lowest BCUT2D eigenvalue weighted by Gasteiger charge is -2.33. The van der Waals surface area contributed by atoms with Crippen molar-refractivity contribution in [1.82, 2.24) is 5.32 Å². The second kappa shape index (κ2) is 16.7. The molecule has 0 fully saturated rings. The molecule has 1 N–H and O–H groups in total. The number of hydrogen-bond donors (Lipinski definition) is 1.